The van der Waals surface area contributed by atoms with E-state index in [4.69, 9.17) is 0 Å². The van der Waals surface area contributed by atoms with Crippen LogP contribution in [0, 0.1) is 27.7 Å². The van der Waals surface area contributed by atoms with Gasteiger partial charge in [0, 0.05) is 5.54 Å². The largest absolute Gasteiger partial charge is 0.465 e. The Hall–Kier alpha value is -3.04. The molecule has 1 saturated heterocycles. The summed E-state index contributed by atoms with van der Waals surface area (Å²) < 4.78 is 34.2. The van der Waals surface area contributed by atoms with Crippen LogP contribution in [0.4, 0.5) is 5.69 Å². The number of amides is 2. The highest BCUT2D eigenvalue weighted by Gasteiger charge is 2.51. The molecule has 3 rings (SSSR count). The van der Waals surface area contributed by atoms with Gasteiger partial charge >= 0.3 is 5.97 Å². The van der Waals surface area contributed by atoms with E-state index >= 15 is 0 Å². The van der Waals surface area contributed by atoms with Crippen LogP contribution in [0.15, 0.2) is 35.2 Å². The fourth-order valence-corrected chi connectivity index (χ4v) is 7.11. The molecule has 0 N–H and O–H groups in total. The lowest BCUT2D eigenvalue weighted by Crippen LogP contribution is -2.54. The number of aryl methyl sites for hydroxylation is 2. The van der Waals surface area contributed by atoms with Crippen molar-refractivity contribution in [2.24, 2.45) is 0 Å². The molecule has 2 amide bonds. The summed E-state index contributed by atoms with van der Waals surface area (Å²) in [6.45, 7) is 12.4. The lowest BCUT2D eigenvalue weighted by Gasteiger charge is -2.38. The van der Waals surface area contributed by atoms with Gasteiger partial charge in [-0.3, -0.25) is 9.59 Å². The maximum absolute atomic E-state index is 14.2. The first kappa shape index (κ1) is 26.6. The van der Waals surface area contributed by atoms with Crippen molar-refractivity contribution in [2.45, 2.75) is 71.4 Å². The number of hydrogen-bond acceptors (Lipinski definition) is 6. The lowest BCUT2D eigenvalue weighted by atomic mass is 10.0. The second-order valence-corrected chi connectivity index (χ2v) is 11.6. The Morgan fingerprint density at radius 2 is 1.51 bits per heavy atom. The maximum Gasteiger partial charge on any atom is 0.337 e. The van der Waals surface area contributed by atoms with Crippen LogP contribution in [0.1, 0.15) is 59.8 Å². The molecule has 0 radical (unpaired) electrons. The van der Waals surface area contributed by atoms with Crippen LogP contribution in [-0.4, -0.2) is 49.2 Å². The number of carbonyl (C=O) groups is 3. The van der Waals surface area contributed by atoms with Crippen molar-refractivity contribution in [2.75, 3.05) is 12.0 Å². The minimum Gasteiger partial charge on any atom is -0.465 e. The van der Waals surface area contributed by atoms with Gasteiger partial charge in [0.2, 0.25) is 15.9 Å². The van der Waals surface area contributed by atoms with E-state index in [1.165, 1.54) is 35.7 Å². The smallest absolute Gasteiger partial charge is 0.337 e. The number of methoxy groups -OCH3 is 1. The summed E-state index contributed by atoms with van der Waals surface area (Å²) in [5.74, 6) is -1.68. The van der Waals surface area contributed by atoms with Gasteiger partial charge in [0.05, 0.1) is 29.7 Å². The Balaban J connectivity index is 2.10. The molecule has 0 saturated carbocycles. The summed E-state index contributed by atoms with van der Waals surface area (Å²) >= 11 is 0. The highest BCUT2D eigenvalue weighted by Crippen LogP contribution is 2.37. The van der Waals surface area contributed by atoms with Crippen LogP contribution in [0.2, 0.25) is 0 Å². The Kier molecular flexibility index (Phi) is 6.98. The zero-order valence-electron chi connectivity index (χ0n) is 21.4. The minimum atomic E-state index is -4.16. The summed E-state index contributed by atoms with van der Waals surface area (Å²) in [7, 11) is -2.90. The van der Waals surface area contributed by atoms with Gasteiger partial charge in [-0.2, -0.15) is 4.31 Å². The molecule has 0 aliphatic carbocycles. The molecule has 0 aromatic heterocycles. The number of ether oxygens (including phenoxy) is 1. The summed E-state index contributed by atoms with van der Waals surface area (Å²) in [5.41, 5.74) is 2.46. The average molecular weight is 501 g/mol. The van der Waals surface area contributed by atoms with E-state index in [1.54, 1.807) is 34.6 Å². The molecule has 0 bridgehead atoms. The van der Waals surface area contributed by atoms with Gasteiger partial charge in [-0.05, 0) is 95.0 Å². The van der Waals surface area contributed by atoms with Gasteiger partial charge in [0.1, 0.15) is 6.04 Å². The van der Waals surface area contributed by atoms with Crippen LogP contribution < -0.4 is 4.90 Å². The number of nitrogens with zero attached hydrogens (tertiary/aromatic N) is 2. The van der Waals surface area contributed by atoms with Crippen LogP contribution in [-0.2, 0) is 24.3 Å². The standard InChI is InChI=1S/C26H32N2O6S/c1-15-13-16(2)18(4)23(17(15)3)35(32,33)28(26(5,6)7)21-14-22(29)27(24(21)30)20-11-9-19(10-12-20)25(31)34-8/h9-13,21H,14H2,1-8H3. The number of esters is 1. The van der Waals surface area contributed by atoms with E-state index in [1.807, 2.05) is 19.9 Å². The number of sulfonamides is 1. The number of imide groups is 1. The van der Waals surface area contributed by atoms with E-state index < -0.39 is 39.4 Å². The minimum absolute atomic E-state index is 0.172. The van der Waals surface area contributed by atoms with Crippen LogP contribution in [0.5, 0.6) is 0 Å². The highest BCUT2D eigenvalue weighted by atomic mass is 32.2. The predicted molar refractivity (Wildman–Crippen MR) is 133 cm³/mol. The van der Waals surface area contributed by atoms with Crippen molar-refractivity contribution < 1.29 is 27.5 Å². The Morgan fingerprint density at radius 1 is 1.00 bits per heavy atom. The first-order valence-corrected chi connectivity index (χ1v) is 12.7. The Bertz CT molecular complexity index is 1280. The van der Waals surface area contributed by atoms with Crippen molar-refractivity contribution in [1.82, 2.24) is 4.31 Å². The number of rotatable bonds is 5. The Morgan fingerprint density at radius 3 is 1.97 bits per heavy atom. The summed E-state index contributed by atoms with van der Waals surface area (Å²) in [5, 5.41) is 0. The zero-order valence-corrected chi connectivity index (χ0v) is 22.2. The quantitative estimate of drug-likeness (QED) is 0.457. The molecule has 0 spiro atoms. The van der Waals surface area contributed by atoms with Gasteiger partial charge in [-0.25, -0.2) is 18.1 Å². The van der Waals surface area contributed by atoms with Crippen molar-refractivity contribution in [1.29, 1.82) is 0 Å². The SMILES string of the molecule is COC(=O)c1ccc(N2C(=O)CC(N(C(C)(C)C)S(=O)(=O)c3c(C)c(C)cc(C)c3C)C2=O)cc1. The first-order valence-electron chi connectivity index (χ1n) is 11.3. The van der Waals surface area contributed by atoms with Crippen molar-refractivity contribution in [3.8, 4) is 0 Å². The van der Waals surface area contributed by atoms with E-state index in [0.717, 1.165) is 16.0 Å². The second kappa shape index (κ2) is 9.20. The van der Waals surface area contributed by atoms with Gasteiger partial charge in [-0.15, -0.1) is 0 Å². The first-order chi connectivity index (χ1) is 16.1. The third kappa shape index (κ3) is 4.62. The maximum atomic E-state index is 14.2. The van der Waals surface area contributed by atoms with Crippen LogP contribution in [0.3, 0.4) is 0 Å². The molecule has 1 aliphatic heterocycles. The van der Waals surface area contributed by atoms with E-state index in [0.29, 0.717) is 11.1 Å². The lowest BCUT2D eigenvalue weighted by molar-refractivity contribution is -0.122. The highest BCUT2D eigenvalue weighted by molar-refractivity contribution is 7.89. The number of hydrogen-bond donors (Lipinski definition) is 0. The molecular formula is C26H32N2O6S. The number of anilines is 1. The molecule has 1 atom stereocenters. The fourth-order valence-electron chi connectivity index (χ4n) is 4.60. The summed E-state index contributed by atoms with van der Waals surface area (Å²) in [6, 6.07) is 6.59. The topological polar surface area (TPSA) is 101 Å². The van der Waals surface area contributed by atoms with Crippen molar-refractivity contribution >= 4 is 33.5 Å². The predicted octanol–water partition coefficient (Wildman–Crippen LogP) is 3.83. The van der Waals surface area contributed by atoms with Gasteiger partial charge < -0.3 is 4.74 Å². The second-order valence-electron chi connectivity index (χ2n) is 9.89. The third-order valence-electron chi connectivity index (χ3n) is 6.43. The molecule has 2 aromatic carbocycles. The fraction of sp³-hybridized carbons (Fsp3) is 0.423. The summed E-state index contributed by atoms with van der Waals surface area (Å²) in [4.78, 5) is 39.5. The normalized spacial score (nSPS) is 16.8. The molecule has 2 aromatic rings. The van der Waals surface area contributed by atoms with Crippen molar-refractivity contribution in [3.63, 3.8) is 0 Å². The number of benzene rings is 2. The van der Waals surface area contributed by atoms with E-state index in [9.17, 15) is 22.8 Å². The van der Waals surface area contributed by atoms with Gasteiger partial charge in [-0.1, -0.05) is 6.07 Å². The van der Waals surface area contributed by atoms with E-state index in [-0.39, 0.29) is 22.6 Å². The van der Waals surface area contributed by atoms with Crippen molar-refractivity contribution in [3.05, 3.63) is 58.1 Å². The summed E-state index contributed by atoms with van der Waals surface area (Å²) in [6.07, 6.45) is -0.281. The van der Waals surface area contributed by atoms with Crippen LogP contribution >= 0.6 is 0 Å². The Labute approximate surface area is 206 Å². The van der Waals surface area contributed by atoms with E-state index in [2.05, 4.69) is 4.74 Å². The molecule has 1 unspecified atom stereocenters. The molecular weight excluding hydrogens is 468 g/mol. The monoisotopic (exact) mass is 500 g/mol. The zero-order chi connectivity index (χ0) is 26.5. The molecule has 1 fully saturated rings. The van der Waals surface area contributed by atoms with Crippen LogP contribution in [0.25, 0.3) is 0 Å². The van der Waals surface area contributed by atoms with Gasteiger partial charge in [0.25, 0.3) is 5.91 Å². The molecule has 8 nitrogen and oxygen atoms in total. The molecule has 9 heteroatoms. The third-order valence-corrected chi connectivity index (χ3v) is 8.88. The number of carbonyl (C=O) groups excluding carboxylic acids is 3. The average Bonchev–Trinajstić information content (AvgIpc) is 3.03. The molecule has 35 heavy (non-hydrogen) atoms. The molecule has 1 heterocycles. The molecule has 188 valence electrons. The molecule has 1 aliphatic rings. The van der Waals surface area contributed by atoms with Gasteiger partial charge in [0.15, 0.2) is 0 Å².